The fraction of sp³-hybridized carbons (Fsp3) is 0.421. The highest BCUT2D eigenvalue weighted by atomic mass is 16.5. The van der Waals surface area contributed by atoms with Gasteiger partial charge >= 0.3 is 0 Å². The molecule has 0 saturated heterocycles. The zero-order chi connectivity index (χ0) is 17.6. The van der Waals surface area contributed by atoms with Crippen molar-refractivity contribution in [1.29, 1.82) is 0 Å². The lowest BCUT2D eigenvalue weighted by Gasteiger charge is -2.09. The van der Waals surface area contributed by atoms with Gasteiger partial charge < -0.3 is 10.1 Å². The molecule has 1 aliphatic carbocycles. The van der Waals surface area contributed by atoms with E-state index < -0.39 is 0 Å². The molecule has 6 heteroatoms. The van der Waals surface area contributed by atoms with Gasteiger partial charge in [-0.3, -0.25) is 9.59 Å². The van der Waals surface area contributed by atoms with E-state index in [0.29, 0.717) is 26.1 Å². The van der Waals surface area contributed by atoms with E-state index in [-0.39, 0.29) is 11.5 Å². The van der Waals surface area contributed by atoms with Crippen molar-refractivity contribution in [2.75, 3.05) is 13.2 Å². The Morgan fingerprint density at radius 1 is 1.28 bits per heavy atom. The van der Waals surface area contributed by atoms with Crippen LogP contribution in [0, 0.1) is 0 Å². The van der Waals surface area contributed by atoms with Gasteiger partial charge in [-0.05, 0) is 49.4 Å². The van der Waals surface area contributed by atoms with Crippen LogP contribution in [-0.4, -0.2) is 28.8 Å². The van der Waals surface area contributed by atoms with E-state index in [4.69, 9.17) is 4.74 Å². The predicted octanol–water partition coefficient (Wildman–Crippen LogP) is 1.49. The summed E-state index contributed by atoms with van der Waals surface area (Å²) in [5, 5.41) is 7.24. The Morgan fingerprint density at radius 2 is 2.08 bits per heavy atom. The summed E-state index contributed by atoms with van der Waals surface area (Å²) in [6.45, 7) is 3.33. The van der Waals surface area contributed by atoms with Crippen molar-refractivity contribution in [1.82, 2.24) is 15.1 Å². The van der Waals surface area contributed by atoms with Crippen LogP contribution in [-0.2, 0) is 30.6 Å². The largest absolute Gasteiger partial charge is 0.494 e. The van der Waals surface area contributed by atoms with Crippen LogP contribution in [0.25, 0.3) is 0 Å². The van der Waals surface area contributed by atoms with E-state index in [1.807, 2.05) is 31.2 Å². The van der Waals surface area contributed by atoms with Crippen molar-refractivity contribution in [2.24, 2.45) is 0 Å². The number of aryl methyl sites for hydroxylation is 2. The first-order chi connectivity index (χ1) is 12.2. The summed E-state index contributed by atoms with van der Waals surface area (Å²) >= 11 is 0. The van der Waals surface area contributed by atoms with Crippen LogP contribution >= 0.6 is 0 Å². The maximum atomic E-state index is 12.0. The van der Waals surface area contributed by atoms with Gasteiger partial charge in [0.1, 0.15) is 5.75 Å². The highest BCUT2D eigenvalue weighted by Crippen LogP contribution is 2.16. The van der Waals surface area contributed by atoms with Crippen molar-refractivity contribution < 1.29 is 9.53 Å². The monoisotopic (exact) mass is 341 g/mol. The average molecular weight is 341 g/mol. The molecule has 0 spiro atoms. The number of benzene rings is 1. The minimum Gasteiger partial charge on any atom is -0.494 e. The number of rotatable bonds is 7. The second-order valence-electron chi connectivity index (χ2n) is 6.13. The van der Waals surface area contributed by atoms with Gasteiger partial charge in [-0.1, -0.05) is 12.1 Å². The van der Waals surface area contributed by atoms with Crippen molar-refractivity contribution in [2.45, 2.75) is 39.2 Å². The Kier molecular flexibility index (Phi) is 5.48. The molecule has 0 bridgehead atoms. The Bertz CT molecular complexity index is 797. The second-order valence-corrected chi connectivity index (χ2v) is 6.13. The molecule has 1 aliphatic rings. The number of hydrogen-bond donors (Lipinski definition) is 1. The zero-order valence-corrected chi connectivity index (χ0v) is 14.5. The molecule has 2 aromatic rings. The van der Waals surface area contributed by atoms with E-state index in [2.05, 4.69) is 10.4 Å². The lowest BCUT2D eigenvalue weighted by molar-refractivity contribution is -0.120. The van der Waals surface area contributed by atoms with Crippen molar-refractivity contribution >= 4 is 5.91 Å². The summed E-state index contributed by atoms with van der Waals surface area (Å²) in [5.41, 5.74) is 2.91. The van der Waals surface area contributed by atoms with Crippen LogP contribution in [0.1, 0.15) is 30.2 Å². The van der Waals surface area contributed by atoms with Crippen LogP contribution in [0.2, 0.25) is 0 Å². The quantitative estimate of drug-likeness (QED) is 0.828. The van der Waals surface area contributed by atoms with Gasteiger partial charge in [-0.25, -0.2) is 4.68 Å². The van der Waals surface area contributed by atoms with Gasteiger partial charge in [-0.2, -0.15) is 5.10 Å². The molecule has 0 saturated carbocycles. The SMILES string of the molecule is CCOc1ccc(CC(=O)NCCn2nc3c(cc2=O)CCC3)cc1. The summed E-state index contributed by atoms with van der Waals surface area (Å²) in [5.74, 6) is 0.729. The molecular formula is C19H23N3O3. The summed E-state index contributed by atoms with van der Waals surface area (Å²) < 4.78 is 6.83. The number of carbonyl (C=O) groups excluding carboxylic acids is 1. The van der Waals surface area contributed by atoms with Crippen LogP contribution in [0.3, 0.4) is 0 Å². The van der Waals surface area contributed by atoms with E-state index >= 15 is 0 Å². The second kappa shape index (κ2) is 7.96. The number of nitrogens with one attached hydrogen (secondary N) is 1. The first kappa shape index (κ1) is 17.2. The molecule has 1 amide bonds. The fourth-order valence-corrected chi connectivity index (χ4v) is 3.02. The third kappa shape index (κ3) is 4.47. The molecule has 1 heterocycles. The molecule has 0 unspecified atom stereocenters. The Morgan fingerprint density at radius 3 is 2.84 bits per heavy atom. The van der Waals surface area contributed by atoms with Gasteiger partial charge in [0.25, 0.3) is 5.56 Å². The molecule has 6 nitrogen and oxygen atoms in total. The van der Waals surface area contributed by atoms with Crippen LogP contribution in [0.5, 0.6) is 5.75 Å². The fourth-order valence-electron chi connectivity index (χ4n) is 3.02. The summed E-state index contributed by atoms with van der Waals surface area (Å²) in [6.07, 6.45) is 3.24. The molecule has 0 aliphatic heterocycles. The maximum Gasteiger partial charge on any atom is 0.267 e. The van der Waals surface area contributed by atoms with Gasteiger partial charge in [0, 0.05) is 12.6 Å². The van der Waals surface area contributed by atoms with Gasteiger partial charge in [0.05, 0.1) is 25.3 Å². The lowest BCUT2D eigenvalue weighted by Crippen LogP contribution is -2.33. The molecule has 1 N–H and O–H groups in total. The van der Waals surface area contributed by atoms with Crippen molar-refractivity contribution in [3.05, 3.63) is 57.5 Å². The third-order valence-electron chi connectivity index (χ3n) is 4.27. The van der Waals surface area contributed by atoms with Crippen molar-refractivity contribution in [3.8, 4) is 5.75 Å². The summed E-state index contributed by atoms with van der Waals surface area (Å²) in [7, 11) is 0. The van der Waals surface area contributed by atoms with Crippen LogP contribution in [0.4, 0.5) is 0 Å². The van der Waals surface area contributed by atoms with Crippen LogP contribution in [0.15, 0.2) is 35.1 Å². The predicted molar refractivity (Wildman–Crippen MR) is 94.8 cm³/mol. The number of carbonyl (C=O) groups is 1. The topological polar surface area (TPSA) is 73.2 Å². The maximum absolute atomic E-state index is 12.0. The smallest absolute Gasteiger partial charge is 0.267 e. The minimum absolute atomic E-state index is 0.0710. The molecule has 0 atom stereocenters. The Labute approximate surface area is 146 Å². The number of fused-ring (bicyclic) bond motifs is 1. The van der Waals surface area contributed by atoms with Gasteiger partial charge in [0.15, 0.2) is 0 Å². The summed E-state index contributed by atoms with van der Waals surface area (Å²) in [6, 6.07) is 9.17. The molecule has 3 rings (SSSR count). The van der Waals surface area contributed by atoms with E-state index in [0.717, 1.165) is 41.8 Å². The van der Waals surface area contributed by atoms with Crippen molar-refractivity contribution in [3.63, 3.8) is 0 Å². The molecule has 132 valence electrons. The molecule has 1 aromatic carbocycles. The number of nitrogens with zero attached hydrogens (tertiary/aromatic N) is 2. The normalized spacial score (nSPS) is 12.7. The average Bonchev–Trinajstić information content (AvgIpc) is 3.04. The molecule has 25 heavy (non-hydrogen) atoms. The number of hydrogen-bond acceptors (Lipinski definition) is 4. The van der Waals surface area contributed by atoms with Gasteiger partial charge in [0.2, 0.25) is 5.91 Å². The minimum atomic E-state index is -0.0959. The third-order valence-corrected chi connectivity index (χ3v) is 4.27. The Balaban J connectivity index is 1.49. The molecule has 1 aromatic heterocycles. The van der Waals surface area contributed by atoms with Crippen LogP contribution < -0.4 is 15.6 Å². The number of aromatic nitrogens is 2. The number of ether oxygens (including phenoxy) is 1. The molecular weight excluding hydrogens is 318 g/mol. The highest BCUT2D eigenvalue weighted by molar-refractivity contribution is 5.78. The zero-order valence-electron chi connectivity index (χ0n) is 14.5. The molecule has 0 fully saturated rings. The highest BCUT2D eigenvalue weighted by Gasteiger charge is 2.14. The van der Waals surface area contributed by atoms with Gasteiger partial charge in [-0.15, -0.1) is 0 Å². The lowest BCUT2D eigenvalue weighted by atomic mass is 10.1. The first-order valence-corrected chi connectivity index (χ1v) is 8.74. The molecule has 0 radical (unpaired) electrons. The standard InChI is InChI=1S/C19H23N3O3/c1-2-25-16-8-6-14(7-9-16)12-18(23)20-10-11-22-19(24)13-15-4-3-5-17(15)21-22/h6-9,13H,2-5,10-12H2,1H3,(H,20,23). The first-order valence-electron chi connectivity index (χ1n) is 8.74. The van der Waals surface area contributed by atoms with E-state index in [1.165, 1.54) is 4.68 Å². The summed E-state index contributed by atoms with van der Waals surface area (Å²) in [4.78, 5) is 24.0. The number of amides is 1. The van der Waals surface area contributed by atoms with E-state index in [1.54, 1.807) is 6.07 Å². The Hall–Kier alpha value is -2.63. The van der Waals surface area contributed by atoms with E-state index in [9.17, 15) is 9.59 Å².